The fraction of sp³-hybridized carbons (Fsp3) is 0.833. The molecule has 5 heteroatoms. The molecule has 0 aromatic heterocycles. The van der Waals surface area contributed by atoms with Crippen LogP contribution in [0.4, 0.5) is 0 Å². The minimum atomic E-state index is -0.644. The van der Waals surface area contributed by atoms with E-state index >= 15 is 0 Å². The fourth-order valence-electron chi connectivity index (χ4n) is 0.873. The molecule has 5 nitrogen and oxygen atoms in total. The highest BCUT2D eigenvalue weighted by Crippen LogP contribution is 2.07. The van der Waals surface area contributed by atoms with Crippen molar-refractivity contribution in [3.63, 3.8) is 0 Å². The molecule has 0 saturated heterocycles. The Hall–Kier alpha value is -1.12. The van der Waals surface area contributed by atoms with Crippen molar-refractivity contribution in [1.29, 1.82) is 5.26 Å². The lowest BCUT2D eigenvalue weighted by atomic mass is 10.1. The summed E-state index contributed by atoms with van der Waals surface area (Å²) in [5, 5.41) is 8.88. The molecule has 0 radical (unpaired) electrons. The van der Waals surface area contributed by atoms with Crippen LogP contribution in [0.5, 0.6) is 0 Å². The highest BCUT2D eigenvalue weighted by atomic mass is 16.6. The number of hydrogen-bond acceptors (Lipinski definition) is 5. The van der Waals surface area contributed by atoms with Crippen molar-refractivity contribution in [2.24, 2.45) is 11.8 Å². The molecule has 0 bridgehead atoms. The van der Waals surface area contributed by atoms with Crippen LogP contribution < -0.4 is 10.9 Å². The van der Waals surface area contributed by atoms with E-state index in [1.165, 1.54) is 0 Å². The Bertz CT molecular complexity index is 289. The molecule has 0 aliphatic carbocycles. The van der Waals surface area contributed by atoms with E-state index in [4.69, 9.17) is 10.00 Å². The average Bonchev–Trinajstić information content (AvgIpc) is 2.21. The number of nitrogens with one attached hydrogen (secondary N) is 2. The van der Waals surface area contributed by atoms with Crippen molar-refractivity contribution in [3.05, 3.63) is 0 Å². The molecule has 0 fully saturated rings. The lowest BCUT2D eigenvalue weighted by Gasteiger charge is -2.28. The fourth-order valence-corrected chi connectivity index (χ4v) is 0.873. The van der Waals surface area contributed by atoms with Gasteiger partial charge in [-0.05, 0) is 27.7 Å². The highest BCUT2D eigenvalue weighted by molar-refractivity contribution is 5.71. The summed E-state index contributed by atoms with van der Waals surface area (Å²) < 4.78 is 5.22. The van der Waals surface area contributed by atoms with E-state index in [0.29, 0.717) is 0 Å². The molecule has 0 aromatic carbocycles. The number of hydrogen-bond donors (Lipinski definition) is 2. The molecule has 2 atom stereocenters. The van der Waals surface area contributed by atoms with Crippen LogP contribution in [0.3, 0.4) is 0 Å². The Balaban J connectivity index is 4.46. The second-order valence-corrected chi connectivity index (χ2v) is 5.45. The van der Waals surface area contributed by atoms with Crippen LogP contribution in [0.1, 0.15) is 41.5 Å². The molecular formula is C12H23N3O2. The predicted octanol–water partition coefficient (Wildman–Crippen LogP) is 1.56. The summed E-state index contributed by atoms with van der Waals surface area (Å²) in [6.07, 6.45) is -0.644. The van der Waals surface area contributed by atoms with Gasteiger partial charge in [-0.15, -0.1) is 0 Å². The van der Waals surface area contributed by atoms with Gasteiger partial charge in [0.25, 0.3) is 0 Å². The lowest BCUT2D eigenvalue weighted by molar-refractivity contribution is -0.157. The maximum Gasteiger partial charge on any atom is 0.310 e. The topological polar surface area (TPSA) is 74.2 Å². The number of nitriles is 1. The van der Waals surface area contributed by atoms with Crippen LogP contribution in [0.2, 0.25) is 0 Å². The zero-order chi connectivity index (χ0) is 13.6. The summed E-state index contributed by atoms with van der Waals surface area (Å²) in [7, 11) is 0. The molecule has 0 aliphatic heterocycles. The highest BCUT2D eigenvalue weighted by Gasteiger charge is 2.24. The first kappa shape index (κ1) is 15.9. The van der Waals surface area contributed by atoms with Crippen LogP contribution in [-0.2, 0) is 9.53 Å². The van der Waals surface area contributed by atoms with Crippen LogP contribution in [0.15, 0.2) is 0 Å². The Labute approximate surface area is 103 Å². The summed E-state index contributed by atoms with van der Waals surface area (Å²) in [4.78, 5) is 11.5. The zero-order valence-corrected chi connectivity index (χ0v) is 11.5. The average molecular weight is 241 g/mol. The Morgan fingerprint density at radius 3 is 2.18 bits per heavy atom. The smallest absolute Gasteiger partial charge is 0.310 e. The van der Waals surface area contributed by atoms with Crippen LogP contribution in [-0.4, -0.2) is 17.7 Å². The van der Waals surface area contributed by atoms with Gasteiger partial charge in [0.15, 0.2) is 6.23 Å². The first-order chi connectivity index (χ1) is 7.67. The maximum atomic E-state index is 11.5. The van der Waals surface area contributed by atoms with Crippen LogP contribution >= 0.6 is 0 Å². The van der Waals surface area contributed by atoms with Crippen LogP contribution in [0, 0.1) is 23.2 Å². The van der Waals surface area contributed by atoms with Gasteiger partial charge in [0.2, 0.25) is 0 Å². The number of hydrazine groups is 1. The monoisotopic (exact) mass is 241 g/mol. The van der Waals surface area contributed by atoms with Crippen molar-refractivity contribution in [2.45, 2.75) is 53.3 Å². The SMILES string of the molecule is CC(C)C(=O)OC(NNC(C)(C)C)C(C)C#N. The van der Waals surface area contributed by atoms with Gasteiger partial charge in [-0.2, -0.15) is 5.26 Å². The Morgan fingerprint density at radius 1 is 1.29 bits per heavy atom. The second-order valence-electron chi connectivity index (χ2n) is 5.45. The van der Waals surface area contributed by atoms with E-state index in [0.717, 1.165) is 0 Å². The van der Waals surface area contributed by atoms with Crippen LogP contribution in [0.25, 0.3) is 0 Å². The molecule has 0 rings (SSSR count). The maximum absolute atomic E-state index is 11.5. The molecule has 2 unspecified atom stereocenters. The summed E-state index contributed by atoms with van der Waals surface area (Å²) >= 11 is 0. The van der Waals surface area contributed by atoms with Gasteiger partial charge < -0.3 is 4.74 Å². The first-order valence-electron chi connectivity index (χ1n) is 5.80. The third-order valence-electron chi connectivity index (χ3n) is 1.96. The van der Waals surface area contributed by atoms with E-state index in [1.807, 2.05) is 20.8 Å². The quantitative estimate of drug-likeness (QED) is 0.434. The third kappa shape index (κ3) is 6.93. The van der Waals surface area contributed by atoms with Gasteiger partial charge in [0.1, 0.15) is 0 Å². The van der Waals surface area contributed by atoms with Gasteiger partial charge >= 0.3 is 5.97 Å². The number of carbonyl (C=O) groups excluding carboxylic acids is 1. The molecule has 17 heavy (non-hydrogen) atoms. The molecule has 0 aromatic rings. The molecule has 2 N–H and O–H groups in total. The molecular weight excluding hydrogens is 218 g/mol. The predicted molar refractivity (Wildman–Crippen MR) is 65.5 cm³/mol. The van der Waals surface area contributed by atoms with Gasteiger partial charge in [0.05, 0.1) is 17.9 Å². The summed E-state index contributed by atoms with van der Waals surface area (Å²) in [5.41, 5.74) is 5.71. The number of rotatable bonds is 5. The van der Waals surface area contributed by atoms with Crippen molar-refractivity contribution in [1.82, 2.24) is 10.9 Å². The Kier molecular flexibility index (Phi) is 6.14. The zero-order valence-electron chi connectivity index (χ0n) is 11.5. The van der Waals surface area contributed by atoms with Crippen molar-refractivity contribution < 1.29 is 9.53 Å². The molecule has 0 aliphatic rings. The first-order valence-corrected chi connectivity index (χ1v) is 5.80. The number of esters is 1. The molecule has 0 spiro atoms. The van der Waals surface area contributed by atoms with E-state index in [1.54, 1.807) is 20.8 Å². The van der Waals surface area contributed by atoms with Crippen molar-refractivity contribution >= 4 is 5.97 Å². The van der Waals surface area contributed by atoms with E-state index in [-0.39, 0.29) is 17.4 Å². The van der Waals surface area contributed by atoms with Gasteiger partial charge in [0, 0.05) is 5.54 Å². The van der Waals surface area contributed by atoms with Crippen molar-refractivity contribution in [2.75, 3.05) is 0 Å². The molecule has 0 saturated carbocycles. The van der Waals surface area contributed by atoms with E-state index in [9.17, 15) is 4.79 Å². The summed E-state index contributed by atoms with van der Waals surface area (Å²) in [5.74, 6) is -0.951. The van der Waals surface area contributed by atoms with E-state index in [2.05, 4.69) is 16.9 Å². The summed E-state index contributed by atoms with van der Waals surface area (Å²) in [6, 6.07) is 2.07. The third-order valence-corrected chi connectivity index (χ3v) is 1.96. The number of carbonyl (C=O) groups is 1. The molecule has 98 valence electrons. The second kappa shape index (κ2) is 6.58. The van der Waals surface area contributed by atoms with E-state index < -0.39 is 12.1 Å². The molecule has 0 amide bonds. The van der Waals surface area contributed by atoms with Gasteiger partial charge in [-0.25, -0.2) is 10.9 Å². The summed E-state index contributed by atoms with van der Waals surface area (Å²) in [6.45, 7) is 11.1. The number of ether oxygens (including phenoxy) is 1. The number of nitrogens with zero attached hydrogens (tertiary/aromatic N) is 1. The standard InChI is InChI=1S/C12H23N3O2/c1-8(2)11(16)17-10(9(3)7-13)14-15-12(4,5)6/h8-10,14-15H,1-6H3. The van der Waals surface area contributed by atoms with Gasteiger partial charge in [-0.3, -0.25) is 4.79 Å². The minimum Gasteiger partial charge on any atom is -0.444 e. The molecule has 0 heterocycles. The Morgan fingerprint density at radius 2 is 1.82 bits per heavy atom. The largest absolute Gasteiger partial charge is 0.444 e. The van der Waals surface area contributed by atoms with Gasteiger partial charge in [-0.1, -0.05) is 13.8 Å². The normalized spacial score (nSPS) is 15.2. The lowest BCUT2D eigenvalue weighted by Crippen LogP contribution is -2.54. The minimum absolute atomic E-state index is 0.169. The van der Waals surface area contributed by atoms with Crippen molar-refractivity contribution in [3.8, 4) is 6.07 Å².